The normalized spacial score (nSPS) is 31.4. The Morgan fingerprint density at radius 1 is 1.35 bits per heavy atom. The zero-order valence-corrected chi connectivity index (χ0v) is 10.1. The van der Waals surface area contributed by atoms with Crippen LogP contribution in [-0.4, -0.2) is 30.1 Å². The van der Waals surface area contributed by atoms with Crippen molar-refractivity contribution in [2.75, 3.05) is 13.2 Å². The molecule has 0 radical (unpaired) electrons. The van der Waals surface area contributed by atoms with Crippen molar-refractivity contribution in [3.05, 3.63) is 0 Å². The summed E-state index contributed by atoms with van der Waals surface area (Å²) in [6.07, 6.45) is 6.40. The molecule has 0 aromatic rings. The van der Waals surface area contributed by atoms with E-state index in [1.807, 2.05) is 0 Å². The Hall–Kier alpha value is -0.900. The Morgan fingerprint density at radius 3 is 2.65 bits per heavy atom. The second-order valence-corrected chi connectivity index (χ2v) is 5.32. The maximum absolute atomic E-state index is 12.0. The van der Waals surface area contributed by atoms with Gasteiger partial charge in [-0.15, -0.1) is 0 Å². The molecular formula is C13H20O4. The summed E-state index contributed by atoms with van der Waals surface area (Å²) in [5, 5.41) is 9.39. The minimum atomic E-state index is -1.25. The van der Waals surface area contributed by atoms with Crippen molar-refractivity contribution < 1.29 is 19.4 Å². The Kier molecular flexibility index (Phi) is 3.82. The molecule has 0 aromatic heterocycles. The first-order valence-corrected chi connectivity index (χ1v) is 6.49. The summed E-state index contributed by atoms with van der Waals surface area (Å²) in [6, 6.07) is 0. The number of ether oxygens (including phenoxy) is 1. The van der Waals surface area contributed by atoms with Gasteiger partial charge in [-0.3, -0.25) is 9.59 Å². The van der Waals surface area contributed by atoms with Gasteiger partial charge in [0.15, 0.2) is 5.78 Å². The summed E-state index contributed by atoms with van der Waals surface area (Å²) in [7, 11) is 0. The molecule has 2 rings (SSSR count). The predicted molar refractivity (Wildman–Crippen MR) is 61.7 cm³/mol. The van der Waals surface area contributed by atoms with Crippen LogP contribution in [0.3, 0.4) is 0 Å². The van der Waals surface area contributed by atoms with Crippen LogP contribution in [0.15, 0.2) is 0 Å². The van der Waals surface area contributed by atoms with E-state index in [9.17, 15) is 14.7 Å². The molecule has 1 atom stereocenters. The predicted octanol–water partition coefficient (Wildman–Crippen LogP) is 2.02. The summed E-state index contributed by atoms with van der Waals surface area (Å²) in [5.74, 6) is -0.750. The fraction of sp³-hybridized carbons (Fsp3) is 0.846. The largest absolute Gasteiger partial charge is 0.480 e. The van der Waals surface area contributed by atoms with Gasteiger partial charge >= 0.3 is 5.97 Å². The standard InChI is InChI=1S/C13H20O4/c14-11-6-7-17-9-13(11,12(15)16)8-10-4-2-1-3-5-10/h10H,1-9H2,(H,15,16). The average molecular weight is 240 g/mol. The lowest BCUT2D eigenvalue weighted by Crippen LogP contribution is -2.48. The fourth-order valence-corrected chi connectivity index (χ4v) is 3.06. The molecule has 0 amide bonds. The van der Waals surface area contributed by atoms with Crippen molar-refractivity contribution in [3.63, 3.8) is 0 Å². The molecule has 0 aromatic carbocycles. The number of carbonyl (C=O) groups is 2. The maximum Gasteiger partial charge on any atom is 0.319 e. The van der Waals surface area contributed by atoms with Crippen molar-refractivity contribution >= 4 is 11.8 Å². The van der Waals surface area contributed by atoms with E-state index in [0.29, 0.717) is 18.9 Å². The molecule has 1 heterocycles. The summed E-state index contributed by atoms with van der Waals surface area (Å²) in [5.41, 5.74) is -1.25. The van der Waals surface area contributed by atoms with Crippen molar-refractivity contribution in [2.45, 2.75) is 44.9 Å². The average Bonchev–Trinajstić information content (AvgIpc) is 2.33. The van der Waals surface area contributed by atoms with Crippen LogP contribution < -0.4 is 0 Å². The van der Waals surface area contributed by atoms with E-state index in [1.54, 1.807) is 0 Å². The second kappa shape index (κ2) is 5.17. The number of Topliss-reactive ketones (excluding diaryl/α,β-unsaturated/α-hetero) is 1. The molecule has 2 fully saturated rings. The van der Waals surface area contributed by atoms with Gasteiger partial charge in [-0.25, -0.2) is 0 Å². The molecule has 1 N–H and O–H groups in total. The zero-order valence-electron chi connectivity index (χ0n) is 10.1. The summed E-state index contributed by atoms with van der Waals surface area (Å²) in [4.78, 5) is 23.4. The van der Waals surface area contributed by atoms with Gasteiger partial charge in [-0.1, -0.05) is 32.1 Å². The molecule has 96 valence electrons. The molecule has 1 saturated heterocycles. The fourth-order valence-electron chi connectivity index (χ4n) is 3.06. The first kappa shape index (κ1) is 12.6. The van der Waals surface area contributed by atoms with E-state index in [2.05, 4.69) is 0 Å². The van der Waals surface area contributed by atoms with Crippen LogP contribution in [0.25, 0.3) is 0 Å². The lowest BCUT2D eigenvalue weighted by molar-refractivity contribution is -0.166. The van der Waals surface area contributed by atoms with Crippen LogP contribution in [0.1, 0.15) is 44.9 Å². The Balaban J connectivity index is 2.10. The Bertz CT molecular complexity index is 307. The van der Waals surface area contributed by atoms with E-state index in [1.165, 1.54) is 6.42 Å². The molecule has 0 bridgehead atoms. The first-order valence-electron chi connectivity index (χ1n) is 6.49. The minimum Gasteiger partial charge on any atom is -0.480 e. The molecule has 17 heavy (non-hydrogen) atoms. The third-order valence-corrected chi connectivity index (χ3v) is 4.13. The smallest absolute Gasteiger partial charge is 0.319 e. The van der Waals surface area contributed by atoms with Crippen LogP contribution in [0.2, 0.25) is 0 Å². The summed E-state index contributed by atoms with van der Waals surface area (Å²) >= 11 is 0. The van der Waals surface area contributed by atoms with E-state index < -0.39 is 11.4 Å². The number of carboxylic acids is 1. The first-order chi connectivity index (χ1) is 8.15. The summed E-state index contributed by atoms with van der Waals surface area (Å²) in [6.45, 7) is 0.441. The van der Waals surface area contributed by atoms with Crippen LogP contribution in [0.4, 0.5) is 0 Å². The number of ketones is 1. The van der Waals surface area contributed by atoms with E-state index in [0.717, 1.165) is 25.7 Å². The maximum atomic E-state index is 12.0. The minimum absolute atomic E-state index is 0.0671. The molecule has 2 aliphatic rings. The number of aliphatic carboxylic acids is 1. The van der Waals surface area contributed by atoms with E-state index >= 15 is 0 Å². The second-order valence-electron chi connectivity index (χ2n) is 5.32. The SMILES string of the molecule is O=C(O)C1(CC2CCCCC2)COCCC1=O. The quantitative estimate of drug-likeness (QED) is 0.766. The highest BCUT2D eigenvalue weighted by Gasteiger charge is 2.49. The number of hydrogen-bond acceptors (Lipinski definition) is 3. The van der Waals surface area contributed by atoms with E-state index in [-0.39, 0.29) is 18.8 Å². The van der Waals surface area contributed by atoms with Crippen LogP contribution in [0, 0.1) is 11.3 Å². The van der Waals surface area contributed by atoms with Gasteiger partial charge in [0.1, 0.15) is 5.41 Å². The number of carbonyl (C=O) groups excluding carboxylic acids is 1. The van der Waals surface area contributed by atoms with Crippen molar-refractivity contribution in [1.29, 1.82) is 0 Å². The van der Waals surface area contributed by atoms with Crippen molar-refractivity contribution in [2.24, 2.45) is 11.3 Å². The Morgan fingerprint density at radius 2 is 2.06 bits per heavy atom. The van der Waals surface area contributed by atoms with Gasteiger partial charge in [-0.2, -0.15) is 0 Å². The van der Waals surface area contributed by atoms with Crippen LogP contribution in [-0.2, 0) is 14.3 Å². The highest BCUT2D eigenvalue weighted by atomic mass is 16.5. The third-order valence-electron chi connectivity index (χ3n) is 4.13. The Labute approximate surface area is 101 Å². The molecule has 0 spiro atoms. The van der Waals surface area contributed by atoms with Crippen molar-refractivity contribution in [3.8, 4) is 0 Å². The highest BCUT2D eigenvalue weighted by Crippen LogP contribution is 2.38. The monoisotopic (exact) mass is 240 g/mol. The van der Waals surface area contributed by atoms with Crippen LogP contribution >= 0.6 is 0 Å². The molecule has 1 aliphatic heterocycles. The van der Waals surface area contributed by atoms with Crippen LogP contribution in [0.5, 0.6) is 0 Å². The number of carboxylic acid groups (broad SMARTS) is 1. The van der Waals surface area contributed by atoms with Gasteiger partial charge in [-0.05, 0) is 12.3 Å². The molecule has 1 saturated carbocycles. The molecule has 4 nitrogen and oxygen atoms in total. The van der Waals surface area contributed by atoms with E-state index in [4.69, 9.17) is 4.74 Å². The lowest BCUT2D eigenvalue weighted by atomic mass is 9.71. The molecule has 1 unspecified atom stereocenters. The topological polar surface area (TPSA) is 63.6 Å². The van der Waals surface area contributed by atoms with Gasteiger partial charge in [0, 0.05) is 6.42 Å². The van der Waals surface area contributed by atoms with Gasteiger partial charge in [0.05, 0.1) is 13.2 Å². The molecule has 4 heteroatoms. The molecular weight excluding hydrogens is 220 g/mol. The van der Waals surface area contributed by atoms with Crippen molar-refractivity contribution in [1.82, 2.24) is 0 Å². The zero-order chi connectivity index (χ0) is 12.3. The highest BCUT2D eigenvalue weighted by molar-refractivity contribution is 6.03. The molecule has 1 aliphatic carbocycles. The van der Waals surface area contributed by atoms with Gasteiger partial charge < -0.3 is 9.84 Å². The number of hydrogen-bond donors (Lipinski definition) is 1. The number of rotatable bonds is 3. The third kappa shape index (κ3) is 2.51. The lowest BCUT2D eigenvalue weighted by Gasteiger charge is -2.35. The van der Waals surface area contributed by atoms with Gasteiger partial charge in [0.25, 0.3) is 0 Å². The van der Waals surface area contributed by atoms with Gasteiger partial charge in [0.2, 0.25) is 0 Å². The summed E-state index contributed by atoms with van der Waals surface area (Å²) < 4.78 is 5.26.